The predicted octanol–water partition coefficient (Wildman–Crippen LogP) is 4.66. The monoisotopic (exact) mass is 360 g/mol. The molecule has 0 N–H and O–H groups in total. The van der Waals surface area contributed by atoms with E-state index in [4.69, 9.17) is 9.15 Å². The van der Waals surface area contributed by atoms with Crippen molar-refractivity contribution in [3.8, 4) is 22.6 Å². The second-order valence-electron chi connectivity index (χ2n) is 6.49. The zero-order valence-corrected chi connectivity index (χ0v) is 15.5. The molecular formula is C22H20N2O3. The standard InChI is InChI=1S/C22H20N2O3/c1-4-26-17-6-7-20(15(3)9-17)24-12-18(14(2)10-22(24)25)16-5-8-21-19(11-16)23-13-27-21/h5-13H,4H2,1-3H3. The highest BCUT2D eigenvalue weighted by molar-refractivity contribution is 5.80. The molecule has 0 radical (unpaired) electrons. The van der Waals surface area contributed by atoms with E-state index in [9.17, 15) is 4.79 Å². The molecule has 4 rings (SSSR count). The Hall–Kier alpha value is -3.34. The number of oxazole rings is 1. The Morgan fingerprint density at radius 2 is 1.93 bits per heavy atom. The molecule has 2 aromatic carbocycles. The van der Waals surface area contributed by atoms with Crippen molar-refractivity contribution in [3.05, 3.63) is 76.5 Å². The van der Waals surface area contributed by atoms with Crippen LogP contribution in [0.4, 0.5) is 0 Å². The van der Waals surface area contributed by atoms with Crippen LogP contribution in [0.1, 0.15) is 18.1 Å². The minimum atomic E-state index is -0.0639. The van der Waals surface area contributed by atoms with Gasteiger partial charge in [-0.3, -0.25) is 9.36 Å². The summed E-state index contributed by atoms with van der Waals surface area (Å²) < 4.78 is 12.6. The zero-order valence-electron chi connectivity index (χ0n) is 15.5. The third-order valence-corrected chi connectivity index (χ3v) is 4.64. The lowest BCUT2D eigenvalue weighted by Crippen LogP contribution is -2.18. The normalized spacial score (nSPS) is 11.1. The highest BCUT2D eigenvalue weighted by Crippen LogP contribution is 2.27. The van der Waals surface area contributed by atoms with Crippen LogP contribution in [0, 0.1) is 13.8 Å². The van der Waals surface area contributed by atoms with Gasteiger partial charge in [0.2, 0.25) is 0 Å². The molecule has 0 aliphatic heterocycles. The van der Waals surface area contributed by atoms with Crippen molar-refractivity contribution in [1.82, 2.24) is 9.55 Å². The second-order valence-corrected chi connectivity index (χ2v) is 6.49. The molecule has 0 amide bonds. The summed E-state index contributed by atoms with van der Waals surface area (Å²) >= 11 is 0. The van der Waals surface area contributed by atoms with Crippen molar-refractivity contribution in [2.24, 2.45) is 0 Å². The fourth-order valence-electron chi connectivity index (χ4n) is 3.30. The Labute approximate surface area is 156 Å². The molecule has 0 aliphatic rings. The van der Waals surface area contributed by atoms with E-state index in [0.717, 1.165) is 44.8 Å². The van der Waals surface area contributed by atoms with E-state index in [1.54, 1.807) is 10.6 Å². The molecule has 27 heavy (non-hydrogen) atoms. The number of ether oxygens (including phenoxy) is 1. The predicted molar refractivity (Wildman–Crippen MR) is 106 cm³/mol. The van der Waals surface area contributed by atoms with Gasteiger partial charge in [0.1, 0.15) is 11.3 Å². The van der Waals surface area contributed by atoms with Gasteiger partial charge in [-0.1, -0.05) is 6.07 Å². The number of hydrogen-bond donors (Lipinski definition) is 0. The first-order chi connectivity index (χ1) is 13.1. The van der Waals surface area contributed by atoms with Gasteiger partial charge in [-0.05, 0) is 67.8 Å². The first-order valence-electron chi connectivity index (χ1n) is 8.87. The summed E-state index contributed by atoms with van der Waals surface area (Å²) in [7, 11) is 0. The van der Waals surface area contributed by atoms with Gasteiger partial charge in [0.15, 0.2) is 12.0 Å². The highest BCUT2D eigenvalue weighted by Gasteiger charge is 2.11. The van der Waals surface area contributed by atoms with E-state index >= 15 is 0 Å². The Morgan fingerprint density at radius 1 is 1.07 bits per heavy atom. The first kappa shape index (κ1) is 17.1. The summed E-state index contributed by atoms with van der Waals surface area (Å²) in [6.45, 7) is 6.48. The highest BCUT2D eigenvalue weighted by atomic mass is 16.5. The number of benzene rings is 2. The van der Waals surface area contributed by atoms with Gasteiger partial charge >= 0.3 is 0 Å². The van der Waals surface area contributed by atoms with Crippen LogP contribution in [-0.4, -0.2) is 16.2 Å². The van der Waals surface area contributed by atoms with E-state index in [-0.39, 0.29) is 5.56 Å². The summed E-state index contributed by atoms with van der Waals surface area (Å²) in [4.78, 5) is 16.9. The van der Waals surface area contributed by atoms with Crippen molar-refractivity contribution in [3.63, 3.8) is 0 Å². The maximum Gasteiger partial charge on any atom is 0.255 e. The number of pyridine rings is 1. The molecular weight excluding hydrogens is 340 g/mol. The molecule has 0 saturated heterocycles. The smallest absolute Gasteiger partial charge is 0.255 e. The Kier molecular flexibility index (Phi) is 4.28. The number of rotatable bonds is 4. The van der Waals surface area contributed by atoms with Crippen molar-refractivity contribution in [2.75, 3.05) is 6.61 Å². The van der Waals surface area contributed by atoms with E-state index in [2.05, 4.69) is 4.98 Å². The van der Waals surface area contributed by atoms with Crippen LogP contribution in [0.2, 0.25) is 0 Å². The summed E-state index contributed by atoms with van der Waals surface area (Å²) in [5.74, 6) is 0.801. The van der Waals surface area contributed by atoms with E-state index in [0.29, 0.717) is 6.61 Å². The molecule has 2 heterocycles. The summed E-state index contributed by atoms with van der Waals surface area (Å²) in [5, 5.41) is 0. The number of hydrogen-bond acceptors (Lipinski definition) is 4. The van der Waals surface area contributed by atoms with E-state index < -0.39 is 0 Å². The quantitative estimate of drug-likeness (QED) is 0.531. The van der Waals surface area contributed by atoms with Crippen LogP contribution in [0.5, 0.6) is 5.75 Å². The van der Waals surface area contributed by atoms with Gasteiger partial charge in [-0.15, -0.1) is 0 Å². The van der Waals surface area contributed by atoms with Crippen molar-refractivity contribution >= 4 is 11.1 Å². The van der Waals surface area contributed by atoms with Crippen LogP contribution in [0.25, 0.3) is 27.9 Å². The summed E-state index contributed by atoms with van der Waals surface area (Å²) in [6, 6.07) is 13.3. The maximum atomic E-state index is 12.7. The molecule has 0 aliphatic carbocycles. The maximum absolute atomic E-state index is 12.7. The lowest BCUT2D eigenvalue weighted by atomic mass is 10.0. The fourth-order valence-corrected chi connectivity index (χ4v) is 3.30. The lowest BCUT2D eigenvalue weighted by molar-refractivity contribution is 0.340. The van der Waals surface area contributed by atoms with Gasteiger partial charge in [0, 0.05) is 17.8 Å². The van der Waals surface area contributed by atoms with Crippen LogP contribution in [0.15, 0.2) is 64.3 Å². The molecule has 0 saturated carbocycles. The minimum Gasteiger partial charge on any atom is -0.494 e. The third-order valence-electron chi connectivity index (χ3n) is 4.64. The first-order valence-corrected chi connectivity index (χ1v) is 8.87. The number of aromatic nitrogens is 2. The van der Waals surface area contributed by atoms with E-state index in [1.165, 1.54) is 6.39 Å². The second kappa shape index (κ2) is 6.76. The molecule has 0 atom stereocenters. The van der Waals surface area contributed by atoms with Gasteiger partial charge < -0.3 is 9.15 Å². The Bertz CT molecular complexity index is 1190. The van der Waals surface area contributed by atoms with Gasteiger partial charge in [0.05, 0.1) is 12.3 Å². The largest absolute Gasteiger partial charge is 0.494 e. The number of nitrogens with zero attached hydrogens (tertiary/aromatic N) is 2. The van der Waals surface area contributed by atoms with Crippen molar-refractivity contribution < 1.29 is 9.15 Å². The molecule has 0 unspecified atom stereocenters. The molecule has 5 nitrogen and oxygen atoms in total. The van der Waals surface area contributed by atoms with E-state index in [1.807, 2.05) is 63.4 Å². The molecule has 2 aromatic heterocycles. The summed E-state index contributed by atoms with van der Waals surface area (Å²) in [6.07, 6.45) is 3.33. The van der Waals surface area contributed by atoms with Crippen LogP contribution >= 0.6 is 0 Å². The third kappa shape index (κ3) is 3.12. The zero-order chi connectivity index (χ0) is 19.0. The molecule has 0 bridgehead atoms. The van der Waals surface area contributed by atoms with Crippen LogP contribution in [0.3, 0.4) is 0 Å². The molecule has 5 heteroatoms. The average Bonchev–Trinajstić information content (AvgIpc) is 3.11. The Morgan fingerprint density at radius 3 is 2.70 bits per heavy atom. The van der Waals surface area contributed by atoms with Crippen molar-refractivity contribution in [2.45, 2.75) is 20.8 Å². The average molecular weight is 360 g/mol. The topological polar surface area (TPSA) is 57.3 Å². The van der Waals surface area contributed by atoms with Gasteiger partial charge in [-0.25, -0.2) is 4.98 Å². The summed E-state index contributed by atoms with van der Waals surface area (Å²) in [5.41, 5.74) is 6.18. The number of fused-ring (bicyclic) bond motifs is 1. The minimum absolute atomic E-state index is 0.0639. The lowest BCUT2D eigenvalue weighted by Gasteiger charge is -2.14. The SMILES string of the molecule is CCOc1ccc(-n2cc(-c3ccc4ocnc4c3)c(C)cc2=O)c(C)c1. The van der Waals surface area contributed by atoms with Crippen LogP contribution in [-0.2, 0) is 0 Å². The Balaban J connectivity index is 1.85. The fraction of sp³-hybridized carbons (Fsp3) is 0.182. The van der Waals surface area contributed by atoms with Crippen molar-refractivity contribution in [1.29, 1.82) is 0 Å². The molecule has 136 valence electrons. The van der Waals surface area contributed by atoms with Gasteiger partial charge in [-0.2, -0.15) is 0 Å². The molecule has 4 aromatic rings. The van der Waals surface area contributed by atoms with Crippen LogP contribution < -0.4 is 10.3 Å². The number of aryl methyl sites for hydroxylation is 2. The van der Waals surface area contributed by atoms with Gasteiger partial charge in [0.25, 0.3) is 5.56 Å². The molecule has 0 fully saturated rings. The molecule has 0 spiro atoms.